The molecule has 100 valence electrons. The molecule has 1 fully saturated rings. The molecule has 4 nitrogen and oxygen atoms in total. The Labute approximate surface area is 116 Å². The van der Waals surface area contributed by atoms with Crippen molar-refractivity contribution in [1.82, 2.24) is 9.88 Å². The summed E-state index contributed by atoms with van der Waals surface area (Å²) in [5, 5.41) is 1.71. The van der Waals surface area contributed by atoms with Crippen molar-refractivity contribution in [3.63, 3.8) is 0 Å². The average molecular weight is 279 g/mol. The molecule has 0 atom stereocenters. The molecule has 0 radical (unpaired) electrons. The van der Waals surface area contributed by atoms with Crippen LogP contribution in [0.3, 0.4) is 0 Å². The van der Waals surface area contributed by atoms with Crippen molar-refractivity contribution in [2.75, 3.05) is 26.3 Å². The summed E-state index contributed by atoms with van der Waals surface area (Å²) in [6, 6.07) is 5.63. The van der Waals surface area contributed by atoms with Crippen LogP contribution in [0.5, 0.6) is 0 Å². The second-order valence-corrected chi connectivity index (χ2v) is 5.16. The van der Waals surface area contributed by atoms with Gasteiger partial charge in [-0.3, -0.25) is 4.79 Å². The highest BCUT2D eigenvalue weighted by Gasteiger charge is 2.22. The predicted octanol–water partition coefficient (Wildman–Crippen LogP) is 2.60. The first-order valence-corrected chi connectivity index (χ1v) is 6.69. The molecular weight excluding hydrogens is 264 g/mol. The number of halogens is 1. The van der Waals surface area contributed by atoms with E-state index in [0.29, 0.717) is 37.0 Å². The fourth-order valence-electron chi connectivity index (χ4n) is 2.45. The molecule has 2 aromatic rings. The Hall–Kier alpha value is -1.52. The predicted molar refractivity (Wildman–Crippen MR) is 74.8 cm³/mol. The first-order valence-electron chi connectivity index (χ1n) is 6.31. The van der Waals surface area contributed by atoms with Crippen LogP contribution in [0.1, 0.15) is 16.1 Å². The lowest BCUT2D eigenvalue weighted by Crippen LogP contribution is -2.41. The lowest BCUT2D eigenvalue weighted by Gasteiger charge is -2.26. The van der Waals surface area contributed by atoms with Gasteiger partial charge < -0.3 is 14.6 Å². The summed E-state index contributed by atoms with van der Waals surface area (Å²) in [7, 11) is 0. The van der Waals surface area contributed by atoms with E-state index in [2.05, 4.69) is 4.98 Å². The van der Waals surface area contributed by atoms with Crippen molar-refractivity contribution >= 4 is 28.4 Å². The number of rotatable bonds is 1. The van der Waals surface area contributed by atoms with E-state index in [1.54, 1.807) is 0 Å². The van der Waals surface area contributed by atoms with E-state index in [4.69, 9.17) is 16.3 Å². The van der Waals surface area contributed by atoms with Crippen LogP contribution in [0.15, 0.2) is 18.2 Å². The summed E-state index contributed by atoms with van der Waals surface area (Å²) in [5.41, 5.74) is 2.53. The van der Waals surface area contributed by atoms with E-state index < -0.39 is 0 Å². The number of aromatic nitrogens is 1. The SMILES string of the molecule is Cc1c(C(=O)N2CCOCC2)[nH]c2cc(Cl)ccc12. The van der Waals surface area contributed by atoms with Gasteiger partial charge in [0.1, 0.15) is 5.69 Å². The molecule has 1 saturated heterocycles. The van der Waals surface area contributed by atoms with Crippen molar-refractivity contribution < 1.29 is 9.53 Å². The molecule has 1 aliphatic heterocycles. The summed E-state index contributed by atoms with van der Waals surface area (Å²) in [6.07, 6.45) is 0. The van der Waals surface area contributed by atoms with Crippen LogP contribution in [0.2, 0.25) is 5.02 Å². The Morgan fingerprint density at radius 1 is 1.37 bits per heavy atom. The second-order valence-electron chi connectivity index (χ2n) is 4.72. The summed E-state index contributed by atoms with van der Waals surface area (Å²) in [4.78, 5) is 17.5. The smallest absolute Gasteiger partial charge is 0.270 e. The third-order valence-electron chi connectivity index (χ3n) is 3.53. The number of hydrogen-bond donors (Lipinski definition) is 1. The molecule has 1 aliphatic rings. The van der Waals surface area contributed by atoms with Gasteiger partial charge >= 0.3 is 0 Å². The van der Waals surface area contributed by atoms with E-state index >= 15 is 0 Å². The van der Waals surface area contributed by atoms with Gasteiger partial charge in [0.2, 0.25) is 0 Å². The molecule has 0 aliphatic carbocycles. The van der Waals surface area contributed by atoms with Crippen LogP contribution < -0.4 is 0 Å². The van der Waals surface area contributed by atoms with Gasteiger partial charge in [0.15, 0.2) is 0 Å². The number of hydrogen-bond acceptors (Lipinski definition) is 2. The van der Waals surface area contributed by atoms with Gasteiger partial charge in [-0.25, -0.2) is 0 Å². The number of morpholine rings is 1. The molecular formula is C14H15ClN2O2. The number of fused-ring (bicyclic) bond motifs is 1. The van der Waals surface area contributed by atoms with E-state index in [1.807, 2.05) is 30.0 Å². The van der Waals surface area contributed by atoms with Gasteiger partial charge in [-0.2, -0.15) is 0 Å². The standard InChI is InChI=1S/C14H15ClN2O2/c1-9-11-3-2-10(15)8-12(11)16-13(9)14(18)17-4-6-19-7-5-17/h2-3,8,16H,4-7H2,1H3. The number of ether oxygens (including phenoxy) is 1. The Bertz CT molecular complexity index is 630. The Morgan fingerprint density at radius 3 is 2.84 bits per heavy atom. The van der Waals surface area contributed by atoms with Crippen LogP contribution in [0.25, 0.3) is 10.9 Å². The van der Waals surface area contributed by atoms with Gasteiger partial charge in [-0.1, -0.05) is 17.7 Å². The van der Waals surface area contributed by atoms with E-state index in [9.17, 15) is 4.79 Å². The fourth-order valence-corrected chi connectivity index (χ4v) is 2.62. The molecule has 2 heterocycles. The second kappa shape index (κ2) is 4.87. The van der Waals surface area contributed by atoms with Crippen molar-refractivity contribution in [3.05, 3.63) is 34.5 Å². The molecule has 1 aromatic carbocycles. The number of aromatic amines is 1. The molecule has 1 aromatic heterocycles. The number of carbonyl (C=O) groups is 1. The van der Waals surface area contributed by atoms with Gasteiger partial charge in [0.05, 0.1) is 13.2 Å². The monoisotopic (exact) mass is 278 g/mol. The fraction of sp³-hybridized carbons (Fsp3) is 0.357. The van der Waals surface area contributed by atoms with E-state index in [0.717, 1.165) is 16.5 Å². The van der Waals surface area contributed by atoms with Gasteiger partial charge in [-0.15, -0.1) is 0 Å². The van der Waals surface area contributed by atoms with Crippen molar-refractivity contribution in [3.8, 4) is 0 Å². The Morgan fingerprint density at radius 2 is 2.11 bits per heavy atom. The molecule has 0 saturated carbocycles. The highest BCUT2D eigenvalue weighted by atomic mass is 35.5. The first-order chi connectivity index (χ1) is 9.16. The largest absolute Gasteiger partial charge is 0.378 e. The van der Waals surface area contributed by atoms with Crippen LogP contribution >= 0.6 is 11.6 Å². The minimum Gasteiger partial charge on any atom is -0.378 e. The maximum atomic E-state index is 12.5. The summed E-state index contributed by atoms with van der Waals surface area (Å²) < 4.78 is 5.27. The zero-order valence-electron chi connectivity index (χ0n) is 10.7. The molecule has 0 unspecified atom stereocenters. The first kappa shape index (κ1) is 12.5. The topological polar surface area (TPSA) is 45.3 Å². The van der Waals surface area contributed by atoms with Gasteiger partial charge in [-0.05, 0) is 24.6 Å². The van der Waals surface area contributed by atoms with Crippen molar-refractivity contribution in [2.45, 2.75) is 6.92 Å². The zero-order valence-corrected chi connectivity index (χ0v) is 11.5. The maximum absolute atomic E-state index is 12.5. The molecule has 1 N–H and O–H groups in total. The third kappa shape index (κ3) is 2.22. The molecule has 1 amide bonds. The van der Waals surface area contributed by atoms with Crippen LogP contribution in [-0.2, 0) is 4.74 Å². The number of benzene rings is 1. The van der Waals surface area contributed by atoms with Crippen molar-refractivity contribution in [2.24, 2.45) is 0 Å². The maximum Gasteiger partial charge on any atom is 0.270 e. The summed E-state index contributed by atoms with van der Waals surface area (Å²) in [6.45, 7) is 4.47. The number of carbonyl (C=O) groups excluding carboxylic acids is 1. The molecule has 0 bridgehead atoms. The van der Waals surface area contributed by atoms with E-state index in [-0.39, 0.29) is 5.91 Å². The van der Waals surface area contributed by atoms with Crippen LogP contribution in [0, 0.1) is 6.92 Å². The number of amides is 1. The van der Waals surface area contributed by atoms with Gasteiger partial charge in [0, 0.05) is 29.0 Å². The summed E-state index contributed by atoms with van der Waals surface area (Å²) >= 11 is 5.98. The summed E-state index contributed by atoms with van der Waals surface area (Å²) in [5.74, 6) is 0.0353. The average Bonchev–Trinajstić information content (AvgIpc) is 2.75. The molecule has 19 heavy (non-hydrogen) atoms. The third-order valence-corrected chi connectivity index (χ3v) is 3.77. The Balaban J connectivity index is 2.00. The quantitative estimate of drug-likeness (QED) is 0.871. The number of H-pyrrole nitrogens is 1. The normalized spacial score (nSPS) is 16.0. The van der Waals surface area contributed by atoms with Crippen LogP contribution in [0.4, 0.5) is 0 Å². The molecule has 5 heteroatoms. The lowest BCUT2D eigenvalue weighted by molar-refractivity contribution is 0.0299. The minimum atomic E-state index is 0.0353. The highest BCUT2D eigenvalue weighted by molar-refractivity contribution is 6.31. The highest BCUT2D eigenvalue weighted by Crippen LogP contribution is 2.25. The number of nitrogens with zero attached hydrogens (tertiary/aromatic N) is 1. The molecule has 0 spiro atoms. The minimum absolute atomic E-state index is 0.0353. The Kier molecular flexibility index (Phi) is 3.21. The number of nitrogens with one attached hydrogen (secondary N) is 1. The van der Waals surface area contributed by atoms with Gasteiger partial charge in [0.25, 0.3) is 5.91 Å². The van der Waals surface area contributed by atoms with Crippen LogP contribution in [-0.4, -0.2) is 42.1 Å². The molecule has 3 rings (SSSR count). The van der Waals surface area contributed by atoms with Crippen molar-refractivity contribution in [1.29, 1.82) is 0 Å². The number of aryl methyl sites for hydroxylation is 1. The lowest BCUT2D eigenvalue weighted by atomic mass is 10.1. The van der Waals surface area contributed by atoms with E-state index in [1.165, 1.54) is 0 Å². The zero-order chi connectivity index (χ0) is 13.4.